The van der Waals surface area contributed by atoms with E-state index in [4.69, 9.17) is 4.74 Å². The SMILES string of the molecule is O[C@@H](CNC1CCCCC1)COc1ccccc1Br. The van der Waals surface area contributed by atoms with E-state index < -0.39 is 6.10 Å². The van der Waals surface area contributed by atoms with Crippen molar-refractivity contribution in [2.24, 2.45) is 0 Å². The van der Waals surface area contributed by atoms with Crippen LogP contribution in [-0.2, 0) is 0 Å². The molecule has 1 aliphatic carbocycles. The Morgan fingerprint density at radius 1 is 1.26 bits per heavy atom. The third-order valence-corrected chi connectivity index (χ3v) is 4.17. The molecule has 1 fully saturated rings. The van der Waals surface area contributed by atoms with Crippen LogP contribution in [0.4, 0.5) is 0 Å². The standard InChI is InChI=1S/C15H22BrNO2/c16-14-8-4-5-9-15(14)19-11-13(18)10-17-12-6-2-1-3-7-12/h4-5,8-9,12-13,17-18H,1-3,6-7,10-11H2/t13-/m0/s1. The van der Waals surface area contributed by atoms with Gasteiger partial charge < -0.3 is 15.2 Å². The second-order valence-electron chi connectivity index (χ2n) is 5.14. The van der Waals surface area contributed by atoms with Crippen LogP contribution in [0, 0.1) is 0 Å². The van der Waals surface area contributed by atoms with Crippen molar-refractivity contribution >= 4 is 15.9 Å². The van der Waals surface area contributed by atoms with Crippen LogP contribution in [-0.4, -0.2) is 30.4 Å². The molecule has 0 unspecified atom stereocenters. The van der Waals surface area contributed by atoms with Crippen LogP contribution in [0.1, 0.15) is 32.1 Å². The third kappa shape index (κ3) is 5.13. The lowest BCUT2D eigenvalue weighted by molar-refractivity contribution is 0.101. The number of para-hydroxylation sites is 1. The Balaban J connectivity index is 1.66. The number of ether oxygens (including phenoxy) is 1. The Hall–Kier alpha value is -0.580. The summed E-state index contributed by atoms with van der Waals surface area (Å²) < 4.78 is 6.52. The molecule has 0 aliphatic heterocycles. The monoisotopic (exact) mass is 327 g/mol. The van der Waals surface area contributed by atoms with Gasteiger partial charge in [-0.25, -0.2) is 0 Å². The molecule has 1 aliphatic rings. The van der Waals surface area contributed by atoms with Crippen LogP contribution in [0.2, 0.25) is 0 Å². The van der Waals surface area contributed by atoms with E-state index in [1.165, 1.54) is 32.1 Å². The predicted octanol–water partition coefficient (Wildman–Crippen LogP) is 3.11. The highest BCUT2D eigenvalue weighted by Crippen LogP contribution is 2.23. The maximum Gasteiger partial charge on any atom is 0.133 e. The van der Waals surface area contributed by atoms with Gasteiger partial charge in [0, 0.05) is 12.6 Å². The molecule has 2 rings (SSSR count). The first-order chi connectivity index (χ1) is 9.25. The fourth-order valence-electron chi connectivity index (χ4n) is 2.42. The van der Waals surface area contributed by atoms with Crippen molar-refractivity contribution in [3.05, 3.63) is 28.7 Å². The third-order valence-electron chi connectivity index (χ3n) is 3.52. The minimum atomic E-state index is -0.464. The van der Waals surface area contributed by atoms with Crippen LogP contribution in [0.15, 0.2) is 28.7 Å². The largest absolute Gasteiger partial charge is 0.490 e. The lowest BCUT2D eigenvalue weighted by Crippen LogP contribution is -2.38. The first-order valence-electron chi connectivity index (χ1n) is 7.04. The number of halogens is 1. The van der Waals surface area contributed by atoms with Crippen molar-refractivity contribution in [2.45, 2.75) is 44.2 Å². The molecule has 3 nitrogen and oxygen atoms in total. The molecule has 4 heteroatoms. The number of hydrogen-bond acceptors (Lipinski definition) is 3. The van der Waals surface area contributed by atoms with Crippen LogP contribution >= 0.6 is 15.9 Å². The quantitative estimate of drug-likeness (QED) is 0.843. The van der Waals surface area contributed by atoms with Crippen molar-refractivity contribution in [2.75, 3.05) is 13.2 Å². The average molecular weight is 328 g/mol. The summed E-state index contributed by atoms with van der Waals surface area (Å²) in [4.78, 5) is 0. The van der Waals surface area contributed by atoms with E-state index >= 15 is 0 Å². The topological polar surface area (TPSA) is 41.5 Å². The number of hydrogen-bond donors (Lipinski definition) is 2. The molecule has 0 saturated heterocycles. The van der Waals surface area contributed by atoms with Crippen LogP contribution in [0.25, 0.3) is 0 Å². The van der Waals surface area contributed by atoms with E-state index in [0.717, 1.165) is 10.2 Å². The van der Waals surface area contributed by atoms with Gasteiger partial charge in [0.15, 0.2) is 0 Å². The molecule has 0 bridgehead atoms. The highest BCUT2D eigenvalue weighted by atomic mass is 79.9. The summed E-state index contributed by atoms with van der Waals surface area (Å²) in [6.07, 6.45) is 5.97. The van der Waals surface area contributed by atoms with Gasteiger partial charge in [-0.15, -0.1) is 0 Å². The minimum Gasteiger partial charge on any atom is -0.490 e. The predicted molar refractivity (Wildman–Crippen MR) is 80.5 cm³/mol. The zero-order valence-corrected chi connectivity index (χ0v) is 12.7. The summed E-state index contributed by atoms with van der Waals surface area (Å²) in [5.41, 5.74) is 0. The number of rotatable bonds is 6. The van der Waals surface area contributed by atoms with Crippen LogP contribution < -0.4 is 10.1 Å². The van der Waals surface area contributed by atoms with Crippen molar-refractivity contribution in [1.29, 1.82) is 0 Å². The Morgan fingerprint density at radius 2 is 2.00 bits per heavy atom. The maximum atomic E-state index is 9.93. The molecule has 0 aromatic heterocycles. The molecular formula is C15H22BrNO2. The molecule has 1 saturated carbocycles. The Kier molecular flexibility index (Phi) is 6.14. The van der Waals surface area contributed by atoms with Gasteiger partial charge in [-0.2, -0.15) is 0 Å². The summed E-state index contributed by atoms with van der Waals surface area (Å²) in [5, 5.41) is 13.4. The molecule has 1 aromatic rings. The summed E-state index contributed by atoms with van der Waals surface area (Å²) in [6, 6.07) is 8.27. The zero-order valence-electron chi connectivity index (χ0n) is 11.1. The number of nitrogens with one attached hydrogen (secondary N) is 1. The highest BCUT2D eigenvalue weighted by Gasteiger charge is 2.14. The number of aliphatic hydroxyl groups is 1. The van der Waals surface area contributed by atoms with E-state index in [0.29, 0.717) is 19.2 Å². The van der Waals surface area contributed by atoms with Crippen molar-refractivity contribution in [3.63, 3.8) is 0 Å². The van der Waals surface area contributed by atoms with Gasteiger partial charge in [-0.1, -0.05) is 31.4 Å². The summed E-state index contributed by atoms with van der Waals surface area (Å²) >= 11 is 3.43. The van der Waals surface area contributed by atoms with Crippen LogP contribution in [0.3, 0.4) is 0 Å². The van der Waals surface area contributed by atoms with Crippen molar-refractivity contribution < 1.29 is 9.84 Å². The van der Waals surface area contributed by atoms with E-state index in [1.807, 2.05) is 24.3 Å². The summed E-state index contributed by atoms with van der Waals surface area (Å²) in [7, 11) is 0. The van der Waals surface area contributed by atoms with Gasteiger partial charge in [0.1, 0.15) is 18.5 Å². The Labute approximate surface area is 123 Å². The first-order valence-corrected chi connectivity index (χ1v) is 7.84. The van der Waals surface area contributed by atoms with Gasteiger partial charge in [0.25, 0.3) is 0 Å². The Morgan fingerprint density at radius 3 is 2.74 bits per heavy atom. The van der Waals surface area contributed by atoms with E-state index in [2.05, 4.69) is 21.2 Å². The molecule has 1 atom stereocenters. The highest BCUT2D eigenvalue weighted by molar-refractivity contribution is 9.10. The van der Waals surface area contributed by atoms with Gasteiger partial charge in [-0.3, -0.25) is 0 Å². The van der Waals surface area contributed by atoms with Crippen molar-refractivity contribution in [1.82, 2.24) is 5.32 Å². The second kappa shape index (κ2) is 7.88. The molecule has 2 N–H and O–H groups in total. The van der Waals surface area contributed by atoms with Gasteiger partial charge in [0.05, 0.1) is 4.47 Å². The molecule has 0 radical (unpaired) electrons. The molecule has 1 aromatic carbocycles. The minimum absolute atomic E-state index is 0.322. The number of benzene rings is 1. The van der Waals surface area contributed by atoms with E-state index in [-0.39, 0.29) is 0 Å². The molecular weight excluding hydrogens is 306 g/mol. The number of aliphatic hydroxyl groups excluding tert-OH is 1. The average Bonchev–Trinajstić information content (AvgIpc) is 2.45. The zero-order chi connectivity index (χ0) is 13.5. The molecule has 19 heavy (non-hydrogen) atoms. The normalized spacial score (nSPS) is 18.2. The van der Waals surface area contributed by atoms with Gasteiger partial charge in [0.2, 0.25) is 0 Å². The summed E-state index contributed by atoms with van der Waals surface area (Å²) in [5.74, 6) is 0.777. The lowest BCUT2D eigenvalue weighted by atomic mass is 9.95. The summed E-state index contributed by atoms with van der Waals surface area (Å²) in [6.45, 7) is 0.928. The van der Waals surface area contributed by atoms with Gasteiger partial charge in [-0.05, 0) is 40.9 Å². The van der Waals surface area contributed by atoms with E-state index in [9.17, 15) is 5.11 Å². The molecule has 0 amide bonds. The smallest absolute Gasteiger partial charge is 0.133 e. The first kappa shape index (κ1) is 14.8. The lowest BCUT2D eigenvalue weighted by Gasteiger charge is -2.24. The molecule has 0 heterocycles. The van der Waals surface area contributed by atoms with E-state index in [1.54, 1.807) is 0 Å². The van der Waals surface area contributed by atoms with Gasteiger partial charge >= 0.3 is 0 Å². The van der Waals surface area contributed by atoms with Crippen LogP contribution in [0.5, 0.6) is 5.75 Å². The fourth-order valence-corrected chi connectivity index (χ4v) is 2.82. The Bertz CT molecular complexity index is 380. The second-order valence-corrected chi connectivity index (χ2v) is 5.99. The van der Waals surface area contributed by atoms with Crippen molar-refractivity contribution in [3.8, 4) is 5.75 Å². The maximum absolute atomic E-state index is 9.93. The molecule has 0 spiro atoms. The fraction of sp³-hybridized carbons (Fsp3) is 0.600. The molecule has 106 valence electrons.